The summed E-state index contributed by atoms with van der Waals surface area (Å²) in [6.45, 7) is 2.61. The zero-order chi connectivity index (χ0) is 9.68. The first-order valence-corrected chi connectivity index (χ1v) is 3.71. The van der Waals surface area contributed by atoms with Crippen molar-refractivity contribution in [3.63, 3.8) is 0 Å². The predicted octanol–water partition coefficient (Wildman–Crippen LogP) is -1.27. The first-order chi connectivity index (χ1) is 6.22. The molecule has 0 aliphatic carbocycles. The van der Waals surface area contributed by atoms with Crippen LogP contribution in [0.4, 0.5) is 0 Å². The number of terminal acetylenes is 1. The van der Waals surface area contributed by atoms with Gasteiger partial charge in [-0.25, -0.2) is 0 Å². The quantitative estimate of drug-likeness (QED) is 0.587. The SMILES string of the molecule is C#CC(=O)NCCn1nnc(C)n1. The molecular formula is C7H9N5O. The summed E-state index contributed by atoms with van der Waals surface area (Å²) in [5.41, 5.74) is 0. The van der Waals surface area contributed by atoms with E-state index in [9.17, 15) is 4.79 Å². The van der Waals surface area contributed by atoms with Crippen molar-refractivity contribution in [2.75, 3.05) is 6.54 Å². The molecule has 1 rings (SSSR count). The zero-order valence-corrected chi connectivity index (χ0v) is 7.19. The molecule has 1 heterocycles. The van der Waals surface area contributed by atoms with Gasteiger partial charge in [0.15, 0.2) is 5.82 Å². The number of amides is 1. The van der Waals surface area contributed by atoms with Crippen molar-refractivity contribution in [1.82, 2.24) is 25.5 Å². The summed E-state index contributed by atoms with van der Waals surface area (Å²) in [4.78, 5) is 12.0. The molecular weight excluding hydrogens is 170 g/mol. The van der Waals surface area contributed by atoms with Crippen LogP contribution in [0.25, 0.3) is 0 Å². The van der Waals surface area contributed by atoms with Gasteiger partial charge in [0.2, 0.25) is 0 Å². The molecule has 0 aliphatic heterocycles. The van der Waals surface area contributed by atoms with Gasteiger partial charge in [-0.15, -0.1) is 16.6 Å². The number of hydrogen-bond donors (Lipinski definition) is 1. The summed E-state index contributed by atoms with van der Waals surface area (Å²) < 4.78 is 0. The van der Waals surface area contributed by atoms with Crippen LogP contribution in [0.15, 0.2) is 0 Å². The van der Waals surface area contributed by atoms with Crippen molar-refractivity contribution in [3.05, 3.63) is 5.82 Å². The molecule has 0 fully saturated rings. The molecule has 1 aromatic heterocycles. The molecule has 0 bridgehead atoms. The lowest BCUT2D eigenvalue weighted by Crippen LogP contribution is -2.26. The third-order valence-corrected chi connectivity index (χ3v) is 1.28. The summed E-state index contributed by atoms with van der Waals surface area (Å²) >= 11 is 0. The van der Waals surface area contributed by atoms with Gasteiger partial charge in [0.25, 0.3) is 5.91 Å². The summed E-state index contributed by atoms with van der Waals surface area (Å²) in [6.07, 6.45) is 4.84. The molecule has 68 valence electrons. The monoisotopic (exact) mass is 179 g/mol. The summed E-state index contributed by atoms with van der Waals surface area (Å²) in [7, 11) is 0. The van der Waals surface area contributed by atoms with Gasteiger partial charge < -0.3 is 5.32 Å². The lowest BCUT2D eigenvalue weighted by Gasteiger charge is -1.98. The van der Waals surface area contributed by atoms with E-state index in [1.165, 1.54) is 4.80 Å². The minimum Gasteiger partial charge on any atom is -0.343 e. The van der Waals surface area contributed by atoms with Crippen LogP contribution < -0.4 is 5.32 Å². The first-order valence-electron chi connectivity index (χ1n) is 3.71. The second-order valence-corrected chi connectivity index (χ2v) is 2.33. The molecule has 1 aromatic rings. The van der Waals surface area contributed by atoms with Crippen LogP contribution in [-0.4, -0.2) is 32.7 Å². The maximum Gasteiger partial charge on any atom is 0.295 e. The van der Waals surface area contributed by atoms with E-state index in [0.29, 0.717) is 18.9 Å². The molecule has 0 atom stereocenters. The van der Waals surface area contributed by atoms with Crippen LogP contribution in [0.2, 0.25) is 0 Å². The highest BCUT2D eigenvalue weighted by Crippen LogP contribution is 1.80. The van der Waals surface area contributed by atoms with E-state index in [1.807, 2.05) is 5.92 Å². The van der Waals surface area contributed by atoms with Gasteiger partial charge in [0.05, 0.1) is 6.54 Å². The molecule has 0 radical (unpaired) electrons. The van der Waals surface area contributed by atoms with Gasteiger partial charge >= 0.3 is 0 Å². The Hall–Kier alpha value is -1.90. The molecule has 0 unspecified atom stereocenters. The van der Waals surface area contributed by atoms with Crippen molar-refractivity contribution >= 4 is 5.91 Å². The second kappa shape index (κ2) is 4.21. The van der Waals surface area contributed by atoms with Gasteiger partial charge in [0.1, 0.15) is 0 Å². The van der Waals surface area contributed by atoms with E-state index in [4.69, 9.17) is 6.42 Å². The highest BCUT2D eigenvalue weighted by molar-refractivity contribution is 5.92. The Morgan fingerprint density at radius 3 is 3.08 bits per heavy atom. The van der Waals surface area contributed by atoms with Gasteiger partial charge in [-0.05, 0) is 18.1 Å². The Morgan fingerprint density at radius 1 is 1.77 bits per heavy atom. The topological polar surface area (TPSA) is 72.7 Å². The third-order valence-electron chi connectivity index (χ3n) is 1.28. The average molecular weight is 179 g/mol. The van der Waals surface area contributed by atoms with E-state index in [-0.39, 0.29) is 0 Å². The Kier molecular flexibility index (Phi) is 2.97. The van der Waals surface area contributed by atoms with Crippen LogP contribution in [-0.2, 0) is 11.3 Å². The molecule has 1 amide bonds. The van der Waals surface area contributed by atoms with E-state index < -0.39 is 5.91 Å². The fourth-order valence-corrected chi connectivity index (χ4v) is 0.739. The minimum absolute atomic E-state index is 0.402. The number of aromatic nitrogens is 4. The third kappa shape index (κ3) is 2.91. The zero-order valence-electron chi connectivity index (χ0n) is 7.19. The smallest absolute Gasteiger partial charge is 0.295 e. The van der Waals surface area contributed by atoms with E-state index >= 15 is 0 Å². The summed E-state index contributed by atoms with van der Waals surface area (Å²) in [5.74, 6) is 2.11. The van der Waals surface area contributed by atoms with Crippen molar-refractivity contribution < 1.29 is 4.79 Å². The molecule has 0 aromatic carbocycles. The molecule has 13 heavy (non-hydrogen) atoms. The molecule has 0 aliphatic rings. The Labute approximate surface area is 75.3 Å². The number of carbonyl (C=O) groups excluding carboxylic acids is 1. The van der Waals surface area contributed by atoms with E-state index in [0.717, 1.165) is 0 Å². The summed E-state index contributed by atoms with van der Waals surface area (Å²) in [6, 6.07) is 0. The second-order valence-electron chi connectivity index (χ2n) is 2.33. The maximum atomic E-state index is 10.6. The van der Waals surface area contributed by atoms with Crippen molar-refractivity contribution in [2.24, 2.45) is 0 Å². The fraction of sp³-hybridized carbons (Fsp3) is 0.429. The van der Waals surface area contributed by atoms with Crippen molar-refractivity contribution in [2.45, 2.75) is 13.5 Å². The largest absolute Gasteiger partial charge is 0.343 e. The Morgan fingerprint density at radius 2 is 2.54 bits per heavy atom. The lowest BCUT2D eigenvalue weighted by atomic mass is 10.5. The van der Waals surface area contributed by atoms with Crippen LogP contribution in [0.1, 0.15) is 5.82 Å². The van der Waals surface area contributed by atoms with Gasteiger partial charge in [-0.1, -0.05) is 0 Å². The van der Waals surface area contributed by atoms with E-state index in [2.05, 4.69) is 20.7 Å². The normalized spacial score (nSPS) is 9.23. The molecule has 0 saturated carbocycles. The highest BCUT2D eigenvalue weighted by Gasteiger charge is 1.97. The lowest BCUT2D eigenvalue weighted by molar-refractivity contribution is -0.115. The van der Waals surface area contributed by atoms with Crippen molar-refractivity contribution in [3.8, 4) is 12.3 Å². The predicted molar refractivity (Wildman–Crippen MR) is 44.4 cm³/mol. The van der Waals surface area contributed by atoms with Crippen LogP contribution in [0, 0.1) is 19.3 Å². The fourth-order valence-electron chi connectivity index (χ4n) is 0.739. The molecule has 6 nitrogen and oxygen atoms in total. The molecule has 0 spiro atoms. The number of tetrazole rings is 1. The van der Waals surface area contributed by atoms with Gasteiger partial charge in [0, 0.05) is 6.54 Å². The number of carbonyl (C=O) groups is 1. The first kappa shape index (κ1) is 9.19. The number of rotatable bonds is 3. The Balaban J connectivity index is 2.29. The minimum atomic E-state index is -0.433. The number of nitrogens with zero attached hydrogens (tertiary/aromatic N) is 4. The van der Waals surface area contributed by atoms with Crippen LogP contribution in [0.5, 0.6) is 0 Å². The maximum absolute atomic E-state index is 10.6. The number of nitrogens with one attached hydrogen (secondary N) is 1. The number of hydrogen-bond acceptors (Lipinski definition) is 4. The van der Waals surface area contributed by atoms with Gasteiger partial charge in [-0.2, -0.15) is 4.80 Å². The van der Waals surface area contributed by atoms with Crippen LogP contribution >= 0.6 is 0 Å². The highest BCUT2D eigenvalue weighted by atomic mass is 16.1. The Bertz CT molecular complexity index is 337. The van der Waals surface area contributed by atoms with Gasteiger partial charge in [-0.3, -0.25) is 4.79 Å². The number of aryl methyl sites for hydroxylation is 1. The molecule has 1 N–H and O–H groups in total. The molecule has 0 saturated heterocycles. The standard InChI is InChI=1S/C7H9N5O/c1-3-7(13)8-4-5-12-10-6(2)9-11-12/h1H,4-5H2,2H3,(H,8,13). The van der Waals surface area contributed by atoms with Crippen molar-refractivity contribution in [1.29, 1.82) is 0 Å². The van der Waals surface area contributed by atoms with E-state index in [1.54, 1.807) is 6.92 Å². The summed E-state index contributed by atoms with van der Waals surface area (Å²) in [5, 5.41) is 13.8. The van der Waals surface area contributed by atoms with Crippen LogP contribution in [0.3, 0.4) is 0 Å². The average Bonchev–Trinajstić information content (AvgIpc) is 2.51. The molecule has 6 heteroatoms.